The fourth-order valence-corrected chi connectivity index (χ4v) is 4.03. The van der Waals surface area contributed by atoms with Gasteiger partial charge in [0.15, 0.2) is 0 Å². The Hall–Kier alpha value is -4.43. The first-order valence-electron chi connectivity index (χ1n) is 11.9. The Morgan fingerprint density at radius 3 is 2.29 bits per heavy atom. The molecule has 0 fully saturated rings. The molecule has 0 atom stereocenters. The van der Waals surface area contributed by atoms with E-state index in [2.05, 4.69) is 10.6 Å². The van der Waals surface area contributed by atoms with Gasteiger partial charge >= 0.3 is 5.97 Å². The standard InChI is InChI=1S/C29H26ClN3O5/c1-16(2)38-29(37)20-6-5-7-22(15-20)33-27(35)24(30)25(28(33)36)31-21-12-10-19(11-13-21)26(34)32-23-14-17(3)8-9-18(23)4/h5-16,31H,1-4H3,(H,32,34). The number of carbonyl (C=O) groups is 4. The topological polar surface area (TPSA) is 105 Å². The summed E-state index contributed by atoms with van der Waals surface area (Å²) in [5, 5.41) is 5.49. The van der Waals surface area contributed by atoms with Crippen LogP contribution in [0.1, 0.15) is 45.7 Å². The second-order valence-electron chi connectivity index (χ2n) is 9.11. The molecule has 0 aromatic heterocycles. The maximum Gasteiger partial charge on any atom is 0.338 e. The van der Waals surface area contributed by atoms with E-state index in [-0.39, 0.29) is 34.0 Å². The van der Waals surface area contributed by atoms with Crippen molar-refractivity contribution in [2.75, 3.05) is 15.5 Å². The summed E-state index contributed by atoms with van der Waals surface area (Å²) in [5.74, 6) is -2.25. The molecule has 0 unspecified atom stereocenters. The molecule has 9 heteroatoms. The molecule has 3 aromatic carbocycles. The molecule has 0 spiro atoms. The first-order valence-corrected chi connectivity index (χ1v) is 12.3. The zero-order valence-electron chi connectivity index (χ0n) is 21.3. The lowest BCUT2D eigenvalue weighted by molar-refractivity contribution is -0.120. The van der Waals surface area contributed by atoms with Crippen LogP contribution < -0.4 is 15.5 Å². The van der Waals surface area contributed by atoms with Crippen LogP contribution in [0, 0.1) is 13.8 Å². The summed E-state index contributed by atoms with van der Waals surface area (Å²) in [6, 6.07) is 18.2. The van der Waals surface area contributed by atoms with Crippen molar-refractivity contribution in [3.63, 3.8) is 0 Å². The molecule has 1 aliphatic heterocycles. The van der Waals surface area contributed by atoms with E-state index in [1.54, 1.807) is 44.2 Å². The fourth-order valence-electron chi connectivity index (χ4n) is 3.81. The van der Waals surface area contributed by atoms with Crippen LogP contribution in [0.3, 0.4) is 0 Å². The molecular formula is C29H26ClN3O5. The Labute approximate surface area is 225 Å². The zero-order valence-corrected chi connectivity index (χ0v) is 22.1. The van der Waals surface area contributed by atoms with E-state index in [0.29, 0.717) is 11.3 Å². The SMILES string of the molecule is Cc1ccc(C)c(NC(=O)c2ccc(NC3=C(Cl)C(=O)N(c4cccc(C(=O)OC(C)C)c4)C3=O)cc2)c1. The van der Waals surface area contributed by atoms with E-state index >= 15 is 0 Å². The van der Waals surface area contributed by atoms with Gasteiger partial charge < -0.3 is 15.4 Å². The summed E-state index contributed by atoms with van der Waals surface area (Å²) < 4.78 is 5.19. The van der Waals surface area contributed by atoms with E-state index < -0.39 is 17.8 Å². The molecule has 3 amide bonds. The lowest BCUT2D eigenvalue weighted by Crippen LogP contribution is -2.32. The van der Waals surface area contributed by atoms with E-state index in [9.17, 15) is 19.2 Å². The number of imide groups is 1. The van der Waals surface area contributed by atoms with Crippen LogP contribution in [-0.4, -0.2) is 29.8 Å². The number of carbonyl (C=O) groups excluding carboxylic acids is 4. The average Bonchev–Trinajstić information content (AvgIpc) is 3.09. The number of ether oxygens (including phenoxy) is 1. The number of benzene rings is 3. The maximum absolute atomic E-state index is 13.1. The van der Waals surface area contributed by atoms with Gasteiger partial charge in [-0.05, 0) is 87.4 Å². The molecule has 3 aromatic rings. The molecule has 194 valence electrons. The van der Waals surface area contributed by atoms with Gasteiger partial charge in [0.2, 0.25) is 0 Å². The van der Waals surface area contributed by atoms with Crippen molar-refractivity contribution in [3.8, 4) is 0 Å². The minimum atomic E-state index is -0.724. The van der Waals surface area contributed by atoms with E-state index in [1.165, 1.54) is 18.2 Å². The fraction of sp³-hybridized carbons (Fsp3) is 0.172. The second kappa shape index (κ2) is 10.9. The number of nitrogens with zero attached hydrogens (tertiary/aromatic N) is 1. The van der Waals surface area contributed by atoms with Crippen LogP contribution in [0.2, 0.25) is 0 Å². The minimum absolute atomic E-state index is 0.112. The van der Waals surface area contributed by atoms with Gasteiger partial charge in [-0.2, -0.15) is 0 Å². The molecule has 0 aliphatic carbocycles. The molecule has 0 radical (unpaired) electrons. The number of amides is 3. The predicted molar refractivity (Wildman–Crippen MR) is 146 cm³/mol. The summed E-state index contributed by atoms with van der Waals surface area (Å²) in [4.78, 5) is 51.9. The molecule has 0 saturated carbocycles. The number of esters is 1. The number of hydrogen-bond donors (Lipinski definition) is 2. The molecule has 1 aliphatic rings. The highest BCUT2D eigenvalue weighted by molar-refractivity contribution is 6.53. The summed E-state index contributed by atoms with van der Waals surface area (Å²) in [6.07, 6.45) is -0.322. The van der Waals surface area contributed by atoms with Crippen LogP contribution in [0.15, 0.2) is 77.5 Å². The van der Waals surface area contributed by atoms with E-state index in [1.807, 2.05) is 32.0 Å². The third-order valence-corrected chi connectivity index (χ3v) is 6.12. The Morgan fingerprint density at radius 1 is 0.895 bits per heavy atom. The zero-order chi connectivity index (χ0) is 27.6. The van der Waals surface area contributed by atoms with Crippen molar-refractivity contribution in [2.24, 2.45) is 0 Å². The van der Waals surface area contributed by atoms with Crippen molar-refractivity contribution in [2.45, 2.75) is 33.8 Å². The third-order valence-electron chi connectivity index (χ3n) is 5.77. The van der Waals surface area contributed by atoms with Crippen LogP contribution in [-0.2, 0) is 14.3 Å². The lowest BCUT2D eigenvalue weighted by Gasteiger charge is -2.16. The summed E-state index contributed by atoms with van der Waals surface area (Å²) in [7, 11) is 0. The molecular weight excluding hydrogens is 506 g/mol. The van der Waals surface area contributed by atoms with Crippen molar-refractivity contribution in [1.82, 2.24) is 0 Å². The smallest absolute Gasteiger partial charge is 0.338 e. The third kappa shape index (κ3) is 5.60. The minimum Gasteiger partial charge on any atom is -0.459 e. The number of aryl methyl sites for hydroxylation is 2. The van der Waals surface area contributed by atoms with Gasteiger partial charge in [0.25, 0.3) is 17.7 Å². The van der Waals surface area contributed by atoms with Crippen LogP contribution >= 0.6 is 11.6 Å². The molecule has 38 heavy (non-hydrogen) atoms. The average molecular weight is 532 g/mol. The molecule has 1 heterocycles. The highest BCUT2D eigenvalue weighted by Crippen LogP contribution is 2.31. The predicted octanol–water partition coefficient (Wildman–Crippen LogP) is 5.56. The number of halogens is 1. The largest absolute Gasteiger partial charge is 0.459 e. The Kier molecular flexibility index (Phi) is 7.64. The Morgan fingerprint density at radius 2 is 1.61 bits per heavy atom. The summed E-state index contributed by atoms with van der Waals surface area (Å²) >= 11 is 6.24. The van der Waals surface area contributed by atoms with Gasteiger partial charge in [0.1, 0.15) is 10.7 Å². The van der Waals surface area contributed by atoms with Crippen molar-refractivity contribution < 1.29 is 23.9 Å². The van der Waals surface area contributed by atoms with E-state index in [0.717, 1.165) is 21.7 Å². The number of hydrogen-bond acceptors (Lipinski definition) is 6. The molecule has 0 saturated heterocycles. The maximum atomic E-state index is 13.1. The van der Waals surface area contributed by atoms with Crippen molar-refractivity contribution >= 4 is 52.4 Å². The summed E-state index contributed by atoms with van der Waals surface area (Å²) in [6.45, 7) is 7.31. The quantitative estimate of drug-likeness (QED) is 0.305. The van der Waals surface area contributed by atoms with Crippen molar-refractivity contribution in [1.29, 1.82) is 0 Å². The highest BCUT2D eigenvalue weighted by Gasteiger charge is 2.39. The van der Waals surface area contributed by atoms with Crippen molar-refractivity contribution in [3.05, 3.63) is 99.7 Å². The van der Waals surface area contributed by atoms with Gasteiger partial charge in [-0.25, -0.2) is 9.69 Å². The van der Waals surface area contributed by atoms with E-state index in [4.69, 9.17) is 16.3 Å². The van der Waals surface area contributed by atoms with Gasteiger partial charge in [0, 0.05) is 16.9 Å². The number of rotatable bonds is 7. The van der Waals surface area contributed by atoms with Gasteiger partial charge in [-0.15, -0.1) is 0 Å². The van der Waals surface area contributed by atoms with Gasteiger partial charge in [0.05, 0.1) is 17.4 Å². The second-order valence-corrected chi connectivity index (χ2v) is 9.49. The number of nitrogens with one attached hydrogen (secondary N) is 2. The first-order chi connectivity index (χ1) is 18.0. The van der Waals surface area contributed by atoms with Gasteiger partial charge in [-0.1, -0.05) is 29.8 Å². The molecule has 8 nitrogen and oxygen atoms in total. The summed E-state index contributed by atoms with van der Waals surface area (Å²) in [5.41, 5.74) is 3.85. The molecule has 0 bridgehead atoms. The monoisotopic (exact) mass is 531 g/mol. The number of anilines is 3. The highest BCUT2D eigenvalue weighted by atomic mass is 35.5. The molecule has 4 rings (SSSR count). The molecule has 2 N–H and O–H groups in total. The van der Waals surface area contributed by atoms with Crippen LogP contribution in [0.5, 0.6) is 0 Å². The first kappa shape index (κ1) is 26.6. The normalized spacial score (nSPS) is 13.3. The Bertz CT molecular complexity index is 1480. The van der Waals surface area contributed by atoms with Crippen LogP contribution in [0.25, 0.3) is 0 Å². The van der Waals surface area contributed by atoms with Gasteiger partial charge in [-0.3, -0.25) is 14.4 Å². The Balaban J connectivity index is 1.48. The van der Waals surface area contributed by atoms with Crippen LogP contribution in [0.4, 0.5) is 17.1 Å². The lowest BCUT2D eigenvalue weighted by atomic mass is 10.1.